The summed E-state index contributed by atoms with van der Waals surface area (Å²) in [4.78, 5) is 85.2. The van der Waals surface area contributed by atoms with Crippen LogP contribution in [-0.2, 0) is 38.1 Å². The fraction of sp³-hybridized carbons (Fsp3) is 0.480. The van der Waals surface area contributed by atoms with E-state index in [1.807, 2.05) is 0 Å². The Morgan fingerprint density at radius 2 is 1.22 bits per heavy atom. The molecule has 0 aliphatic carbocycles. The smallest absolute Gasteiger partial charge is 0.328 e. The number of carbonyl (C=O) groups excluding carboxylic acids is 7. The summed E-state index contributed by atoms with van der Waals surface area (Å²) < 4.78 is 18.5. The van der Waals surface area contributed by atoms with Crippen molar-refractivity contribution in [3.05, 3.63) is 34.9 Å². The highest BCUT2D eigenvalue weighted by atomic mass is 16.5. The molecule has 0 aliphatic heterocycles. The van der Waals surface area contributed by atoms with Gasteiger partial charge in [-0.1, -0.05) is 0 Å². The van der Waals surface area contributed by atoms with Gasteiger partial charge in [0.05, 0.1) is 34.4 Å². The minimum Gasteiger partial charge on any atom is -0.469 e. The summed E-state index contributed by atoms with van der Waals surface area (Å²) in [6.45, 7) is 1.24. The van der Waals surface area contributed by atoms with E-state index in [9.17, 15) is 33.6 Å². The lowest BCUT2D eigenvalue weighted by atomic mass is 9.92. The molecule has 0 unspecified atom stereocenters. The van der Waals surface area contributed by atoms with E-state index < -0.39 is 53.3 Å². The van der Waals surface area contributed by atoms with Gasteiger partial charge in [0.2, 0.25) is 0 Å². The number of Topliss-reactive ketones (excluding diaryl/α,β-unsaturated/α-hetero) is 2. The fourth-order valence-electron chi connectivity index (χ4n) is 3.33. The number of benzene rings is 1. The molecule has 37 heavy (non-hydrogen) atoms. The van der Waals surface area contributed by atoms with Gasteiger partial charge in [-0.3, -0.25) is 28.8 Å². The van der Waals surface area contributed by atoms with Gasteiger partial charge in [-0.2, -0.15) is 0 Å². The maximum Gasteiger partial charge on any atom is 0.328 e. The number of ether oxygens (including phenoxy) is 4. The van der Waals surface area contributed by atoms with Crippen LogP contribution in [0.2, 0.25) is 0 Å². The Labute approximate surface area is 214 Å². The second kappa shape index (κ2) is 15.1. The van der Waals surface area contributed by atoms with Gasteiger partial charge >= 0.3 is 23.9 Å². The van der Waals surface area contributed by atoms with Crippen molar-refractivity contribution >= 4 is 41.4 Å². The average Bonchev–Trinajstić information content (AvgIpc) is 2.90. The van der Waals surface area contributed by atoms with Crippen molar-refractivity contribution in [3.8, 4) is 0 Å². The molecule has 12 heteroatoms. The third kappa shape index (κ3) is 9.82. The first-order chi connectivity index (χ1) is 17.5. The molecule has 0 bridgehead atoms. The molecule has 0 saturated heterocycles. The normalized spacial score (nSPS) is 11.9. The SMILES string of the molecule is COC(=O)CC[C@H](CC(=O)c1cc(C(C)=O)cc(C(=O)N[C@@H](CCC(=O)OC)C(=O)OC)c1)C(=O)OC. The number of esters is 4. The molecule has 0 radical (unpaired) electrons. The second-order valence-electron chi connectivity index (χ2n) is 7.98. The van der Waals surface area contributed by atoms with Crippen molar-refractivity contribution in [1.82, 2.24) is 5.32 Å². The van der Waals surface area contributed by atoms with E-state index >= 15 is 0 Å². The van der Waals surface area contributed by atoms with Crippen LogP contribution in [0.4, 0.5) is 0 Å². The van der Waals surface area contributed by atoms with Gasteiger partial charge in [-0.05, 0) is 38.0 Å². The quantitative estimate of drug-likeness (QED) is 0.213. The number of amides is 1. The fourth-order valence-corrected chi connectivity index (χ4v) is 3.33. The molecule has 0 aromatic heterocycles. The van der Waals surface area contributed by atoms with E-state index in [1.54, 1.807) is 0 Å². The van der Waals surface area contributed by atoms with Gasteiger partial charge in [0, 0.05) is 36.0 Å². The Hall–Kier alpha value is -4.09. The largest absolute Gasteiger partial charge is 0.469 e. The lowest BCUT2D eigenvalue weighted by molar-refractivity contribution is -0.147. The molecule has 1 N–H and O–H groups in total. The maximum absolute atomic E-state index is 13.0. The van der Waals surface area contributed by atoms with Gasteiger partial charge in [0.25, 0.3) is 5.91 Å². The van der Waals surface area contributed by atoms with Crippen LogP contribution >= 0.6 is 0 Å². The predicted molar refractivity (Wildman–Crippen MR) is 127 cm³/mol. The molecule has 0 spiro atoms. The van der Waals surface area contributed by atoms with E-state index in [1.165, 1.54) is 39.3 Å². The highest BCUT2D eigenvalue weighted by molar-refractivity contribution is 6.06. The lowest BCUT2D eigenvalue weighted by Crippen LogP contribution is -2.42. The van der Waals surface area contributed by atoms with Crippen LogP contribution in [0, 0.1) is 5.92 Å². The van der Waals surface area contributed by atoms with Crippen LogP contribution in [0.25, 0.3) is 0 Å². The zero-order chi connectivity index (χ0) is 28.1. The van der Waals surface area contributed by atoms with Gasteiger partial charge in [-0.15, -0.1) is 0 Å². The van der Waals surface area contributed by atoms with Gasteiger partial charge < -0.3 is 24.3 Å². The summed E-state index contributed by atoms with van der Waals surface area (Å²) in [5.41, 5.74) is -0.0921. The zero-order valence-corrected chi connectivity index (χ0v) is 21.4. The number of hydrogen-bond donors (Lipinski definition) is 1. The van der Waals surface area contributed by atoms with E-state index in [4.69, 9.17) is 4.74 Å². The van der Waals surface area contributed by atoms with Crippen LogP contribution in [0.1, 0.15) is 70.1 Å². The Kier molecular flexibility index (Phi) is 12.6. The highest BCUT2D eigenvalue weighted by Gasteiger charge is 2.27. The van der Waals surface area contributed by atoms with Crippen molar-refractivity contribution in [2.75, 3.05) is 28.4 Å². The van der Waals surface area contributed by atoms with Crippen LogP contribution in [0.5, 0.6) is 0 Å². The summed E-state index contributed by atoms with van der Waals surface area (Å²) in [5, 5.41) is 2.43. The summed E-state index contributed by atoms with van der Waals surface area (Å²) >= 11 is 0. The molecule has 0 heterocycles. The summed E-state index contributed by atoms with van der Waals surface area (Å²) in [7, 11) is 4.64. The number of methoxy groups -OCH3 is 4. The highest BCUT2D eigenvalue weighted by Crippen LogP contribution is 2.20. The van der Waals surface area contributed by atoms with Crippen molar-refractivity contribution in [3.63, 3.8) is 0 Å². The molecule has 0 fully saturated rings. The van der Waals surface area contributed by atoms with Crippen LogP contribution in [0.15, 0.2) is 18.2 Å². The first-order valence-electron chi connectivity index (χ1n) is 11.3. The van der Waals surface area contributed by atoms with E-state index in [2.05, 4.69) is 19.5 Å². The maximum atomic E-state index is 13.0. The van der Waals surface area contributed by atoms with Crippen LogP contribution in [0.3, 0.4) is 0 Å². The van der Waals surface area contributed by atoms with E-state index in [0.29, 0.717) is 0 Å². The average molecular weight is 522 g/mol. The minimum atomic E-state index is -1.20. The molecular formula is C25H31NO11. The number of rotatable bonds is 14. The second-order valence-corrected chi connectivity index (χ2v) is 7.98. The summed E-state index contributed by atoms with van der Waals surface area (Å²) in [6.07, 6.45) is -0.758. The number of nitrogens with one attached hydrogen (secondary N) is 1. The molecule has 202 valence electrons. The van der Waals surface area contributed by atoms with Crippen molar-refractivity contribution in [1.29, 1.82) is 0 Å². The molecule has 1 aromatic rings. The topological polar surface area (TPSA) is 168 Å². The zero-order valence-electron chi connectivity index (χ0n) is 21.4. The van der Waals surface area contributed by atoms with E-state index in [-0.39, 0.29) is 48.8 Å². The molecule has 1 rings (SSSR count). The van der Waals surface area contributed by atoms with Gasteiger partial charge in [0.15, 0.2) is 11.6 Å². The molecule has 1 amide bonds. The molecule has 1 aromatic carbocycles. The summed E-state index contributed by atoms with van der Waals surface area (Å²) in [5.74, 6) is -5.44. The van der Waals surface area contributed by atoms with Crippen molar-refractivity contribution in [2.45, 2.75) is 45.1 Å². The predicted octanol–water partition coefficient (Wildman–Crippen LogP) is 1.43. The number of ketones is 2. The Morgan fingerprint density at radius 1 is 0.703 bits per heavy atom. The monoisotopic (exact) mass is 521 g/mol. The number of carbonyl (C=O) groups is 7. The Morgan fingerprint density at radius 3 is 1.73 bits per heavy atom. The van der Waals surface area contributed by atoms with Crippen molar-refractivity contribution < 1.29 is 52.5 Å². The van der Waals surface area contributed by atoms with Crippen molar-refractivity contribution in [2.24, 2.45) is 5.92 Å². The third-order valence-corrected chi connectivity index (χ3v) is 5.47. The lowest BCUT2D eigenvalue weighted by Gasteiger charge is -2.17. The van der Waals surface area contributed by atoms with Crippen LogP contribution < -0.4 is 5.32 Å². The van der Waals surface area contributed by atoms with Crippen LogP contribution in [-0.4, -0.2) is 75.8 Å². The molecule has 0 saturated carbocycles. The number of hydrogen-bond acceptors (Lipinski definition) is 11. The molecule has 12 nitrogen and oxygen atoms in total. The van der Waals surface area contributed by atoms with Gasteiger partial charge in [0.1, 0.15) is 6.04 Å². The Bertz CT molecular complexity index is 975. The standard InChI is InChI=1S/C25H31NO11/c1-14(27)16-10-17(20(28)13-15(24(32)36-4)6-8-21(29)34-2)12-18(11-16)23(31)26-19(25(33)37-5)7-9-22(30)35-3/h10-12,15,19H,6-9,13H2,1-5H3,(H,26,31)/t15-,19+/m1/s1. The third-order valence-electron chi connectivity index (χ3n) is 5.47. The molecular weight excluding hydrogens is 490 g/mol. The van der Waals surface area contributed by atoms with E-state index in [0.717, 1.165) is 14.2 Å². The van der Waals surface area contributed by atoms with Gasteiger partial charge in [-0.25, -0.2) is 4.79 Å². The Balaban J connectivity index is 3.23. The molecule has 0 aliphatic rings. The molecule has 2 atom stereocenters. The summed E-state index contributed by atoms with van der Waals surface area (Å²) in [6, 6.07) is 2.55. The first kappa shape index (κ1) is 30.9. The minimum absolute atomic E-state index is 0.00810. The first-order valence-corrected chi connectivity index (χ1v) is 11.3.